The van der Waals surface area contributed by atoms with Crippen LogP contribution < -0.4 is 10.2 Å². The van der Waals surface area contributed by atoms with Crippen molar-refractivity contribution in [1.82, 2.24) is 10.3 Å². The minimum Gasteiger partial charge on any atom is -0.352 e. The minimum atomic E-state index is -0.626. The molecule has 1 aromatic rings. The molecule has 1 aromatic heterocycles. The molecule has 0 spiro atoms. The van der Waals surface area contributed by atoms with Crippen LogP contribution in [0.5, 0.6) is 0 Å². The van der Waals surface area contributed by atoms with Gasteiger partial charge in [0.25, 0.3) is 0 Å². The number of nitrogens with zero attached hydrogens (tertiary/aromatic N) is 2. The first-order valence-electron chi connectivity index (χ1n) is 5.94. The molecule has 0 saturated carbocycles. The van der Waals surface area contributed by atoms with E-state index in [9.17, 15) is 9.59 Å². The number of pyridine rings is 1. The number of aldehydes is 1. The van der Waals surface area contributed by atoms with Crippen LogP contribution in [-0.2, 0) is 4.79 Å². The summed E-state index contributed by atoms with van der Waals surface area (Å²) in [5, 5.41) is 2.85. The van der Waals surface area contributed by atoms with E-state index >= 15 is 0 Å². The lowest BCUT2D eigenvalue weighted by Gasteiger charge is -2.42. The monoisotopic (exact) mass is 247 g/mol. The predicted octanol–water partition coefficient (Wildman–Crippen LogP) is 0.917. The highest BCUT2D eigenvalue weighted by Gasteiger charge is 2.38. The topological polar surface area (TPSA) is 62.3 Å². The Balaban J connectivity index is 2.41. The number of nitrogens with one attached hydrogen (secondary N) is 1. The van der Waals surface area contributed by atoms with Crippen molar-refractivity contribution in [3.63, 3.8) is 0 Å². The summed E-state index contributed by atoms with van der Waals surface area (Å²) in [5.74, 6) is 0.759. The Bertz CT molecular complexity index is 497. The molecule has 0 bridgehead atoms. The van der Waals surface area contributed by atoms with E-state index in [0.717, 1.165) is 17.7 Å². The fourth-order valence-corrected chi connectivity index (χ4v) is 2.21. The van der Waals surface area contributed by atoms with Gasteiger partial charge in [-0.2, -0.15) is 0 Å². The highest BCUT2D eigenvalue weighted by atomic mass is 16.2. The minimum absolute atomic E-state index is 0.00517. The highest BCUT2D eigenvalue weighted by Crippen LogP contribution is 2.27. The van der Waals surface area contributed by atoms with E-state index in [1.54, 1.807) is 6.07 Å². The Hall–Kier alpha value is -1.91. The first kappa shape index (κ1) is 12.5. The Morgan fingerprint density at radius 2 is 2.22 bits per heavy atom. The molecule has 1 aliphatic heterocycles. The fourth-order valence-electron chi connectivity index (χ4n) is 2.21. The molecule has 96 valence electrons. The van der Waals surface area contributed by atoms with Crippen LogP contribution in [0.1, 0.15) is 29.8 Å². The van der Waals surface area contributed by atoms with Crippen LogP contribution >= 0.6 is 0 Å². The van der Waals surface area contributed by atoms with Gasteiger partial charge in [-0.05, 0) is 32.4 Å². The third-order valence-electron chi connectivity index (χ3n) is 3.31. The van der Waals surface area contributed by atoms with E-state index in [0.29, 0.717) is 18.7 Å². The largest absolute Gasteiger partial charge is 0.352 e. The summed E-state index contributed by atoms with van der Waals surface area (Å²) in [4.78, 5) is 28.9. The van der Waals surface area contributed by atoms with Gasteiger partial charge >= 0.3 is 0 Å². The second kappa shape index (κ2) is 4.40. The van der Waals surface area contributed by atoms with Crippen molar-refractivity contribution >= 4 is 18.0 Å². The molecule has 18 heavy (non-hydrogen) atoms. The molecule has 0 unspecified atom stereocenters. The Morgan fingerprint density at radius 3 is 2.83 bits per heavy atom. The molecule has 1 N–H and O–H groups in total. The maximum atomic E-state index is 11.9. The average Bonchev–Trinajstić information content (AvgIpc) is 2.33. The molecule has 1 fully saturated rings. The van der Waals surface area contributed by atoms with E-state index in [1.807, 2.05) is 25.7 Å². The van der Waals surface area contributed by atoms with Crippen molar-refractivity contribution in [3.8, 4) is 0 Å². The van der Waals surface area contributed by atoms with Crippen LogP contribution in [0.4, 0.5) is 5.82 Å². The van der Waals surface area contributed by atoms with Gasteiger partial charge in [0.2, 0.25) is 5.91 Å². The summed E-state index contributed by atoms with van der Waals surface area (Å²) in [6, 6.07) is 1.79. The quantitative estimate of drug-likeness (QED) is 0.789. The lowest BCUT2D eigenvalue weighted by Crippen LogP contribution is -2.62. The molecule has 5 nitrogen and oxygen atoms in total. The zero-order valence-corrected chi connectivity index (χ0v) is 10.9. The third kappa shape index (κ3) is 1.96. The summed E-state index contributed by atoms with van der Waals surface area (Å²) in [7, 11) is 0. The zero-order chi connectivity index (χ0) is 13.3. The normalized spacial score (nSPS) is 18.4. The number of aryl methyl sites for hydroxylation is 1. The molecule has 1 aliphatic rings. The molecule has 0 radical (unpaired) electrons. The van der Waals surface area contributed by atoms with Gasteiger partial charge in [-0.1, -0.05) is 0 Å². The van der Waals surface area contributed by atoms with Gasteiger partial charge in [0.05, 0.1) is 0 Å². The SMILES string of the molecule is Cc1cc(C=O)cnc1N1CCNC(=O)C1(C)C. The summed E-state index contributed by atoms with van der Waals surface area (Å²) >= 11 is 0. The standard InChI is InChI=1S/C13H17N3O2/c1-9-6-10(8-17)7-15-11(9)16-5-4-14-12(18)13(16,2)3/h6-8H,4-5H2,1-3H3,(H,14,18). The lowest BCUT2D eigenvalue weighted by molar-refractivity contribution is -0.126. The van der Waals surface area contributed by atoms with Gasteiger partial charge in [0.15, 0.2) is 6.29 Å². The molecule has 5 heteroatoms. The average molecular weight is 247 g/mol. The fraction of sp³-hybridized carbons (Fsp3) is 0.462. The van der Waals surface area contributed by atoms with Crippen LogP contribution in [0.25, 0.3) is 0 Å². The molecular weight excluding hydrogens is 230 g/mol. The van der Waals surface area contributed by atoms with Crippen LogP contribution in [0.3, 0.4) is 0 Å². The van der Waals surface area contributed by atoms with Crippen LogP contribution in [0.2, 0.25) is 0 Å². The Kier molecular flexibility index (Phi) is 3.07. The van der Waals surface area contributed by atoms with Crippen LogP contribution in [0.15, 0.2) is 12.3 Å². The zero-order valence-electron chi connectivity index (χ0n) is 10.9. The first-order valence-corrected chi connectivity index (χ1v) is 5.94. The maximum Gasteiger partial charge on any atom is 0.245 e. The highest BCUT2D eigenvalue weighted by molar-refractivity contribution is 5.90. The molecule has 0 aromatic carbocycles. The summed E-state index contributed by atoms with van der Waals surface area (Å²) in [5.41, 5.74) is 0.830. The van der Waals surface area contributed by atoms with E-state index in [2.05, 4.69) is 10.3 Å². The van der Waals surface area contributed by atoms with Crippen molar-refractivity contribution in [1.29, 1.82) is 0 Å². The molecule has 2 rings (SSSR count). The van der Waals surface area contributed by atoms with Crippen molar-refractivity contribution in [2.45, 2.75) is 26.3 Å². The number of carbonyl (C=O) groups is 2. The molecular formula is C13H17N3O2. The Morgan fingerprint density at radius 1 is 1.50 bits per heavy atom. The van der Waals surface area contributed by atoms with E-state index in [4.69, 9.17) is 0 Å². The van der Waals surface area contributed by atoms with Crippen molar-refractivity contribution in [3.05, 3.63) is 23.4 Å². The second-order valence-electron chi connectivity index (χ2n) is 4.99. The molecule has 1 amide bonds. The Labute approximate surface area is 106 Å². The van der Waals surface area contributed by atoms with Crippen molar-refractivity contribution in [2.75, 3.05) is 18.0 Å². The molecule has 0 aliphatic carbocycles. The first-order chi connectivity index (χ1) is 8.46. The lowest BCUT2D eigenvalue weighted by atomic mass is 9.98. The van der Waals surface area contributed by atoms with Gasteiger partial charge in [-0.15, -0.1) is 0 Å². The number of hydrogen-bond acceptors (Lipinski definition) is 4. The summed E-state index contributed by atoms with van der Waals surface area (Å²) < 4.78 is 0. The second-order valence-corrected chi connectivity index (χ2v) is 4.99. The number of aromatic nitrogens is 1. The van der Waals surface area contributed by atoms with E-state index in [-0.39, 0.29) is 5.91 Å². The van der Waals surface area contributed by atoms with Gasteiger partial charge < -0.3 is 10.2 Å². The molecule has 0 atom stereocenters. The van der Waals surface area contributed by atoms with Gasteiger partial charge in [-0.3, -0.25) is 9.59 Å². The summed E-state index contributed by atoms with van der Waals surface area (Å²) in [6.07, 6.45) is 2.32. The van der Waals surface area contributed by atoms with Gasteiger partial charge in [0.1, 0.15) is 11.4 Å². The molecule has 2 heterocycles. The number of hydrogen-bond donors (Lipinski definition) is 1. The smallest absolute Gasteiger partial charge is 0.245 e. The van der Waals surface area contributed by atoms with Gasteiger partial charge in [-0.25, -0.2) is 4.98 Å². The van der Waals surface area contributed by atoms with Crippen molar-refractivity contribution in [2.24, 2.45) is 0 Å². The van der Waals surface area contributed by atoms with Gasteiger partial charge in [0, 0.05) is 24.8 Å². The van der Waals surface area contributed by atoms with Crippen LogP contribution in [0, 0.1) is 6.92 Å². The number of piperazine rings is 1. The number of amides is 1. The third-order valence-corrected chi connectivity index (χ3v) is 3.31. The predicted molar refractivity (Wildman–Crippen MR) is 68.8 cm³/mol. The summed E-state index contributed by atoms with van der Waals surface area (Å²) in [6.45, 7) is 6.97. The van der Waals surface area contributed by atoms with E-state index < -0.39 is 5.54 Å². The van der Waals surface area contributed by atoms with Crippen molar-refractivity contribution < 1.29 is 9.59 Å². The number of anilines is 1. The van der Waals surface area contributed by atoms with Crippen LogP contribution in [-0.4, -0.2) is 35.8 Å². The van der Waals surface area contributed by atoms with E-state index in [1.165, 1.54) is 6.20 Å². The maximum absolute atomic E-state index is 11.9. The molecule has 1 saturated heterocycles. The number of rotatable bonds is 2. The number of carbonyl (C=O) groups excluding carboxylic acids is 2.